The first-order valence-electron chi connectivity index (χ1n) is 9.16. The maximum atomic E-state index is 12.7. The fourth-order valence-electron chi connectivity index (χ4n) is 2.84. The molecule has 11 heteroatoms. The normalized spacial score (nSPS) is 11.5. The lowest BCUT2D eigenvalue weighted by Gasteiger charge is -2.08. The van der Waals surface area contributed by atoms with Crippen LogP contribution in [0.3, 0.4) is 0 Å². The van der Waals surface area contributed by atoms with Crippen LogP contribution in [0.4, 0.5) is 0 Å². The van der Waals surface area contributed by atoms with Crippen LogP contribution in [0.1, 0.15) is 17.1 Å². The molecule has 4 rings (SSSR count). The van der Waals surface area contributed by atoms with Gasteiger partial charge in [0.05, 0.1) is 27.7 Å². The fourth-order valence-corrected chi connectivity index (χ4v) is 7.48. The number of nitrogens with one attached hydrogen (secondary N) is 1. The third-order valence-corrected chi connectivity index (χ3v) is 9.24. The Kier molecular flexibility index (Phi) is 6.28. The van der Waals surface area contributed by atoms with E-state index in [-0.39, 0.29) is 10.6 Å². The number of carbonyl (C=O) groups excluding carboxylic acids is 1. The largest absolute Gasteiger partial charge is 0.274 e. The second-order valence-corrected chi connectivity index (χ2v) is 12.1. The Labute approximate surface area is 192 Å². The van der Waals surface area contributed by atoms with Crippen LogP contribution in [-0.2, 0) is 21.2 Å². The number of aryl methyl sites for hydroxylation is 2. The van der Waals surface area contributed by atoms with Crippen molar-refractivity contribution in [3.63, 3.8) is 0 Å². The van der Waals surface area contributed by atoms with Crippen molar-refractivity contribution < 1.29 is 13.2 Å². The van der Waals surface area contributed by atoms with E-state index >= 15 is 0 Å². The lowest BCUT2D eigenvalue weighted by molar-refractivity contribution is -0.118. The van der Waals surface area contributed by atoms with Crippen molar-refractivity contribution in [1.82, 2.24) is 19.5 Å². The summed E-state index contributed by atoms with van der Waals surface area (Å²) in [6.45, 7) is 3.73. The van der Waals surface area contributed by atoms with Gasteiger partial charge in [0.25, 0.3) is 10.0 Å². The van der Waals surface area contributed by atoms with Gasteiger partial charge in [-0.2, -0.15) is 5.10 Å². The summed E-state index contributed by atoms with van der Waals surface area (Å²) >= 11 is 4.02. The number of hydrogen-bond acceptors (Lipinski definition) is 8. The highest BCUT2D eigenvalue weighted by Gasteiger charge is 2.22. The Morgan fingerprint density at radius 2 is 1.90 bits per heavy atom. The summed E-state index contributed by atoms with van der Waals surface area (Å²) in [6.07, 6.45) is -0.111. The summed E-state index contributed by atoms with van der Waals surface area (Å²) in [5.74, 6) is -0.616. The van der Waals surface area contributed by atoms with Crippen LogP contribution < -0.4 is 4.72 Å². The Hall–Kier alpha value is -2.47. The van der Waals surface area contributed by atoms with Crippen LogP contribution in [0.15, 0.2) is 66.7 Å². The second kappa shape index (κ2) is 8.95. The van der Waals surface area contributed by atoms with E-state index in [0.717, 1.165) is 37.0 Å². The third kappa shape index (κ3) is 5.24. The highest BCUT2D eigenvalue weighted by Crippen LogP contribution is 2.36. The summed E-state index contributed by atoms with van der Waals surface area (Å²) in [7, 11) is -3.96. The molecule has 31 heavy (non-hydrogen) atoms. The summed E-state index contributed by atoms with van der Waals surface area (Å²) < 4.78 is 30.9. The van der Waals surface area contributed by atoms with Crippen molar-refractivity contribution in [3.8, 4) is 5.69 Å². The average Bonchev–Trinajstić information content (AvgIpc) is 3.43. The maximum Gasteiger partial charge on any atom is 0.273 e. The smallest absolute Gasteiger partial charge is 0.273 e. The molecule has 0 saturated carbocycles. The van der Waals surface area contributed by atoms with Gasteiger partial charge in [-0.25, -0.2) is 22.8 Å². The Balaban J connectivity index is 1.47. The zero-order valence-electron chi connectivity index (χ0n) is 16.6. The molecule has 1 aromatic carbocycles. The first kappa shape index (κ1) is 21.8. The molecular weight excluding hydrogens is 473 g/mol. The Bertz CT molecular complexity index is 1320. The third-order valence-electron chi connectivity index (χ3n) is 4.10. The lowest BCUT2D eigenvalue weighted by atomic mass is 10.2. The number of aromatic nitrogens is 3. The monoisotopic (exact) mass is 490 g/mol. The SMILES string of the molecule is Cc1csc(Sc2ccc(S(=O)(=O)NC(=O)Cc3cc(C)nn3-c3ccccc3)s2)n1. The van der Waals surface area contributed by atoms with Crippen LogP contribution in [-0.4, -0.2) is 29.1 Å². The standard InChI is InChI=1S/C20H18N4O3S4/c1-13-10-16(24(22-13)15-6-4-3-5-7-15)11-17(25)23-31(26,27)19-9-8-18(29-19)30-20-21-14(2)12-28-20/h3-10,12H,11H2,1-2H3,(H,23,25). The minimum atomic E-state index is -3.96. The molecule has 1 N–H and O–H groups in total. The van der Waals surface area contributed by atoms with Crippen molar-refractivity contribution in [2.45, 2.75) is 33.0 Å². The average molecular weight is 491 g/mol. The van der Waals surface area contributed by atoms with Crippen molar-refractivity contribution in [2.24, 2.45) is 0 Å². The number of amides is 1. The number of thiophene rings is 1. The number of nitrogens with zero attached hydrogens (tertiary/aromatic N) is 3. The Morgan fingerprint density at radius 3 is 2.61 bits per heavy atom. The van der Waals surface area contributed by atoms with Crippen LogP contribution in [0.5, 0.6) is 0 Å². The van der Waals surface area contributed by atoms with Gasteiger partial charge in [-0.3, -0.25) is 4.79 Å². The van der Waals surface area contributed by atoms with Crippen molar-refractivity contribution >= 4 is 50.4 Å². The molecule has 0 radical (unpaired) electrons. The van der Waals surface area contributed by atoms with Gasteiger partial charge in [0.15, 0.2) is 4.34 Å². The number of sulfonamides is 1. The van der Waals surface area contributed by atoms with E-state index in [9.17, 15) is 13.2 Å². The summed E-state index contributed by atoms with van der Waals surface area (Å²) in [5.41, 5.74) is 3.08. The molecule has 160 valence electrons. The van der Waals surface area contributed by atoms with Gasteiger partial charge >= 0.3 is 0 Å². The highest BCUT2D eigenvalue weighted by molar-refractivity contribution is 8.03. The minimum absolute atomic E-state index is 0.0874. The maximum absolute atomic E-state index is 12.7. The van der Waals surface area contributed by atoms with Crippen molar-refractivity contribution in [1.29, 1.82) is 0 Å². The summed E-state index contributed by atoms with van der Waals surface area (Å²) in [6, 6.07) is 14.4. The fraction of sp³-hybridized carbons (Fsp3) is 0.150. The van der Waals surface area contributed by atoms with Gasteiger partial charge in [0.1, 0.15) is 4.21 Å². The van der Waals surface area contributed by atoms with Gasteiger partial charge < -0.3 is 0 Å². The topological polar surface area (TPSA) is 94.0 Å². The van der Waals surface area contributed by atoms with Crippen molar-refractivity contribution in [3.05, 3.63) is 71.0 Å². The number of rotatable bonds is 7. The van der Waals surface area contributed by atoms with Gasteiger partial charge in [-0.05, 0) is 55.9 Å². The van der Waals surface area contributed by atoms with E-state index in [1.54, 1.807) is 16.8 Å². The van der Waals surface area contributed by atoms with E-state index in [0.29, 0.717) is 5.69 Å². The molecule has 0 atom stereocenters. The number of benzene rings is 1. The first-order chi connectivity index (χ1) is 14.8. The van der Waals surface area contributed by atoms with E-state index < -0.39 is 15.9 Å². The minimum Gasteiger partial charge on any atom is -0.274 e. The molecule has 0 aliphatic rings. The van der Waals surface area contributed by atoms with Crippen LogP contribution in [0, 0.1) is 13.8 Å². The molecule has 0 aliphatic heterocycles. The first-order valence-corrected chi connectivity index (χ1v) is 13.2. The van der Waals surface area contributed by atoms with Gasteiger partial charge in [-0.1, -0.05) is 18.2 Å². The molecule has 4 aromatic rings. The predicted octanol–water partition coefficient (Wildman–Crippen LogP) is 4.21. The molecule has 0 bridgehead atoms. The quantitative estimate of drug-likeness (QED) is 0.417. The van der Waals surface area contributed by atoms with Crippen molar-refractivity contribution in [2.75, 3.05) is 0 Å². The molecule has 7 nitrogen and oxygen atoms in total. The van der Waals surface area contributed by atoms with Crippen LogP contribution in [0.25, 0.3) is 5.69 Å². The molecule has 0 unspecified atom stereocenters. The van der Waals surface area contributed by atoms with Crippen LogP contribution in [0.2, 0.25) is 0 Å². The number of hydrogen-bond donors (Lipinski definition) is 1. The predicted molar refractivity (Wildman–Crippen MR) is 123 cm³/mol. The molecule has 0 fully saturated rings. The molecule has 0 saturated heterocycles. The zero-order chi connectivity index (χ0) is 22.0. The number of carbonyl (C=O) groups is 1. The van der Waals surface area contributed by atoms with Gasteiger partial charge in [0.2, 0.25) is 5.91 Å². The van der Waals surface area contributed by atoms with E-state index in [4.69, 9.17) is 0 Å². The van der Waals surface area contributed by atoms with E-state index in [1.807, 2.05) is 49.6 Å². The molecule has 3 heterocycles. The molecule has 1 amide bonds. The summed E-state index contributed by atoms with van der Waals surface area (Å²) in [4.78, 5) is 16.9. The van der Waals surface area contributed by atoms with E-state index in [2.05, 4.69) is 14.8 Å². The molecule has 0 spiro atoms. The number of thiazole rings is 1. The van der Waals surface area contributed by atoms with Gasteiger partial charge in [-0.15, -0.1) is 22.7 Å². The van der Waals surface area contributed by atoms with E-state index in [1.165, 1.54) is 29.2 Å². The Morgan fingerprint density at radius 1 is 1.13 bits per heavy atom. The molecule has 3 aromatic heterocycles. The van der Waals surface area contributed by atoms with Crippen LogP contribution >= 0.6 is 34.4 Å². The molecular formula is C20H18N4O3S4. The zero-order valence-corrected chi connectivity index (χ0v) is 19.9. The highest BCUT2D eigenvalue weighted by atomic mass is 32.3. The number of para-hydroxylation sites is 1. The second-order valence-electron chi connectivity index (χ2n) is 6.66. The summed E-state index contributed by atoms with van der Waals surface area (Å²) in [5, 5.41) is 6.36. The lowest BCUT2D eigenvalue weighted by Crippen LogP contribution is -2.31. The molecule has 0 aliphatic carbocycles. The van der Waals surface area contributed by atoms with Gasteiger partial charge in [0, 0.05) is 11.1 Å².